The second-order valence-electron chi connectivity index (χ2n) is 5.35. The molecular weight excluding hydrogens is 256 g/mol. The molecule has 0 unspecified atom stereocenters. The largest absolute Gasteiger partial charge is 0.371 e. The quantitative estimate of drug-likeness (QED) is 0.453. The second-order valence-corrected chi connectivity index (χ2v) is 5.35. The van der Waals surface area contributed by atoms with Crippen LogP contribution in [0.2, 0.25) is 0 Å². The third-order valence-electron chi connectivity index (χ3n) is 4.01. The summed E-state index contributed by atoms with van der Waals surface area (Å²) < 4.78 is 0. The van der Waals surface area contributed by atoms with E-state index >= 15 is 0 Å². The van der Waals surface area contributed by atoms with Crippen LogP contribution in [0.1, 0.15) is 43.5 Å². The minimum Gasteiger partial charge on any atom is -0.371 e. The van der Waals surface area contributed by atoms with Gasteiger partial charge in [0.05, 0.1) is 10.5 Å². The van der Waals surface area contributed by atoms with Gasteiger partial charge >= 0.3 is 0 Å². The van der Waals surface area contributed by atoms with Gasteiger partial charge in [-0.05, 0) is 44.7 Å². The third kappa shape index (κ3) is 2.98. The topological polar surface area (TPSA) is 63.5 Å². The molecule has 1 aliphatic carbocycles. The van der Waals surface area contributed by atoms with Crippen LogP contribution in [0.5, 0.6) is 0 Å². The first-order chi connectivity index (χ1) is 9.52. The second kappa shape index (κ2) is 6.03. The smallest absolute Gasteiger partial charge is 0.282 e. The van der Waals surface area contributed by atoms with Gasteiger partial charge in [-0.15, -0.1) is 0 Å². The van der Waals surface area contributed by atoms with Crippen molar-refractivity contribution in [3.63, 3.8) is 0 Å². The van der Waals surface area contributed by atoms with E-state index in [1.165, 1.54) is 32.3 Å². The Balaban J connectivity index is 2.28. The molecule has 2 rings (SSSR count). The van der Waals surface area contributed by atoms with Gasteiger partial charge in [0.1, 0.15) is 0 Å². The van der Waals surface area contributed by atoms with Crippen molar-refractivity contribution in [3.8, 4) is 0 Å². The van der Waals surface area contributed by atoms with Crippen molar-refractivity contribution in [1.82, 2.24) is 0 Å². The van der Waals surface area contributed by atoms with Crippen LogP contribution in [0.15, 0.2) is 18.2 Å². The van der Waals surface area contributed by atoms with E-state index in [0.717, 1.165) is 18.8 Å². The summed E-state index contributed by atoms with van der Waals surface area (Å²) in [6, 6.07) is 4.91. The monoisotopic (exact) mass is 276 g/mol. The molecular formula is C15H20N2O3. The lowest BCUT2D eigenvalue weighted by Gasteiger charge is -2.33. The summed E-state index contributed by atoms with van der Waals surface area (Å²) in [5.74, 6) is 0.423. The standard InChI is InChI=1S/C15H20N2O3/c1-3-16(10-12-5-4-6-12)13-7-8-14(11(2)18)15(9-13)17(19)20/h7-9,12H,3-6,10H2,1-2H3. The van der Waals surface area contributed by atoms with Crippen molar-refractivity contribution in [2.24, 2.45) is 5.92 Å². The van der Waals surface area contributed by atoms with E-state index in [2.05, 4.69) is 4.90 Å². The molecule has 0 radical (unpaired) electrons. The number of carbonyl (C=O) groups is 1. The summed E-state index contributed by atoms with van der Waals surface area (Å²) in [5.41, 5.74) is 0.914. The summed E-state index contributed by atoms with van der Waals surface area (Å²) in [4.78, 5) is 24.2. The van der Waals surface area contributed by atoms with Crippen LogP contribution in [-0.4, -0.2) is 23.8 Å². The minimum atomic E-state index is -0.475. The third-order valence-corrected chi connectivity index (χ3v) is 4.01. The van der Waals surface area contributed by atoms with Crippen molar-refractivity contribution >= 4 is 17.2 Å². The van der Waals surface area contributed by atoms with E-state index in [1.807, 2.05) is 13.0 Å². The molecule has 0 aromatic heterocycles. The zero-order valence-corrected chi connectivity index (χ0v) is 12.0. The average Bonchev–Trinajstić information content (AvgIpc) is 2.37. The first kappa shape index (κ1) is 14.5. The number of rotatable bonds is 6. The maximum absolute atomic E-state index is 11.4. The molecule has 1 fully saturated rings. The Bertz CT molecular complexity index is 524. The van der Waals surface area contributed by atoms with Crippen LogP contribution in [0.3, 0.4) is 0 Å². The van der Waals surface area contributed by atoms with Gasteiger partial charge in [0.25, 0.3) is 5.69 Å². The molecule has 5 heteroatoms. The normalized spacial score (nSPS) is 14.7. The molecule has 0 bridgehead atoms. The number of hydrogen-bond donors (Lipinski definition) is 0. The van der Waals surface area contributed by atoms with Gasteiger partial charge in [-0.3, -0.25) is 14.9 Å². The van der Waals surface area contributed by atoms with E-state index in [9.17, 15) is 14.9 Å². The first-order valence-corrected chi connectivity index (χ1v) is 7.07. The number of nitrogens with zero attached hydrogens (tertiary/aromatic N) is 2. The SMILES string of the molecule is CCN(CC1CCC1)c1ccc(C(C)=O)c([N+](=O)[O-])c1. The summed E-state index contributed by atoms with van der Waals surface area (Å²) in [6.45, 7) is 5.15. The van der Waals surface area contributed by atoms with Gasteiger partial charge in [-0.25, -0.2) is 0 Å². The van der Waals surface area contributed by atoms with Crippen molar-refractivity contribution in [2.45, 2.75) is 33.1 Å². The lowest BCUT2D eigenvalue weighted by Crippen LogP contribution is -2.32. The summed E-state index contributed by atoms with van der Waals surface area (Å²) in [6.07, 6.45) is 3.76. The Morgan fingerprint density at radius 1 is 1.45 bits per heavy atom. The Labute approximate surface area is 118 Å². The molecule has 0 saturated heterocycles. The molecule has 1 aromatic rings. The number of Topliss-reactive ketones (excluding diaryl/α,β-unsaturated/α-hetero) is 1. The fourth-order valence-corrected chi connectivity index (χ4v) is 2.57. The highest BCUT2D eigenvalue weighted by Gasteiger charge is 2.23. The first-order valence-electron chi connectivity index (χ1n) is 7.07. The molecule has 0 amide bonds. The predicted molar refractivity (Wildman–Crippen MR) is 78.3 cm³/mol. The fraction of sp³-hybridized carbons (Fsp3) is 0.533. The van der Waals surface area contributed by atoms with Crippen LogP contribution < -0.4 is 4.90 Å². The molecule has 0 N–H and O–H groups in total. The van der Waals surface area contributed by atoms with Crippen molar-refractivity contribution in [3.05, 3.63) is 33.9 Å². The molecule has 1 aliphatic rings. The molecule has 0 atom stereocenters. The number of anilines is 1. The Morgan fingerprint density at radius 2 is 2.15 bits per heavy atom. The maximum Gasteiger partial charge on any atom is 0.282 e. The maximum atomic E-state index is 11.4. The Hall–Kier alpha value is -1.91. The molecule has 0 spiro atoms. The number of nitro groups is 1. The molecule has 5 nitrogen and oxygen atoms in total. The zero-order valence-electron chi connectivity index (χ0n) is 12.0. The van der Waals surface area contributed by atoms with E-state index in [1.54, 1.807) is 6.07 Å². The van der Waals surface area contributed by atoms with Crippen molar-refractivity contribution in [2.75, 3.05) is 18.0 Å². The Kier molecular flexibility index (Phi) is 4.37. The van der Waals surface area contributed by atoms with Crippen LogP contribution >= 0.6 is 0 Å². The Morgan fingerprint density at radius 3 is 2.60 bits per heavy atom. The summed E-state index contributed by atoms with van der Waals surface area (Å²) in [5, 5.41) is 11.1. The predicted octanol–water partition coefficient (Wildman–Crippen LogP) is 3.42. The van der Waals surface area contributed by atoms with Crippen molar-refractivity contribution < 1.29 is 9.72 Å². The summed E-state index contributed by atoms with van der Waals surface area (Å²) in [7, 11) is 0. The average molecular weight is 276 g/mol. The highest BCUT2D eigenvalue weighted by molar-refractivity contribution is 5.98. The van der Waals surface area contributed by atoms with Gasteiger partial charge < -0.3 is 4.90 Å². The van der Waals surface area contributed by atoms with Crippen LogP contribution in [0.4, 0.5) is 11.4 Å². The lowest BCUT2D eigenvalue weighted by atomic mass is 9.85. The van der Waals surface area contributed by atoms with Gasteiger partial charge in [0.15, 0.2) is 5.78 Å². The van der Waals surface area contributed by atoms with Crippen LogP contribution in [-0.2, 0) is 0 Å². The number of nitro benzene ring substituents is 1. The van der Waals surface area contributed by atoms with Crippen LogP contribution in [0, 0.1) is 16.0 Å². The number of ketones is 1. The zero-order chi connectivity index (χ0) is 14.7. The van der Waals surface area contributed by atoms with E-state index in [0.29, 0.717) is 5.92 Å². The van der Waals surface area contributed by atoms with E-state index in [4.69, 9.17) is 0 Å². The van der Waals surface area contributed by atoms with Gasteiger partial charge in [0, 0.05) is 24.8 Å². The van der Waals surface area contributed by atoms with Gasteiger partial charge in [-0.1, -0.05) is 6.42 Å². The lowest BCUT2D eigenvalue weighted by molar-refractivity contribution is -0.385. The highest BCUT2D eigenvalue weighted by atomic mass is 16.6. The van der Waals surface area contributed by atoms with E-state index in [-0.39, 0.29) is 17.0 Å². The fourth-order valence-electron chi connectivity index (χ4n) is 2.57. The molecule has 20 heavy (non-hydrogen) atoms. The number of benzene rings is 1. The molecule has 1 aromatic carbocycles. The van der Waals surface area contributed by atoms with Crippen LogP contribution in [0.25, 0.3) is 0 Å². The molecule has 0 aliphatic heterocycles. The molecule has 1 saturated carbocycles. The molecule has 0 heterocycles. The highest BCUT2D eigenvalue weighted by Crippen LogP contribution is 2.31. The van der Waals surface area contributed by atoms with E-state index < -0.39 is 4.92 Å². The summed E-state index contributed by atoms with van der Waals surface area (Å²) >= 11 is 0. The molecule has 108 valence electrons. The minimum absolute atomic E-state index is 0.0953. The van der Waals surface area contributed by atoms with Crippen molar-refractivity contribution in [1.29, 1.82) is 0 Å². The number of hydrogen-bond acceptors (Lipinski definition) is 4. The van der Waals surface area contributed by atoms with Gasteiger partial charge in [0.2, 0.25) is 0 Å². The number of carbonyl (C=O) groups excluding carboxylic acids is 1. The van der Waals surface area contributed by atoms with Gasteiger partial charge in [-0.2, -0.15) is 0 Å².